The van der Waals surface area contributed by atoms with Crippen molar-refractivity contribution in [2.75, 3.05) is 18.4 Å². The first kappa shape index (κ1) is 18.6. The second kappa shape index (κ2) is 7.77. The molecule has 0 bridgehead atoms. The minimum atomic E-state index is 0.129. The molecule has 3 heterocycles. The van der Waals surface area contributed by atoms with Crippen LogP contribution < -0.4 is 10.6 Å². The van der Waals surface area contributed by atoms with Gasteiger partial charge in [-0.25, -0.2) is 9.53 Å². The third-order valence-electron chi connectivity index (χ3n) is 5.97. The number of aryl methyl sites for hydroxylation is 2. The fraction of sp³-hybridized carbons (Fsp3) is 0.292. The molecule has 0 saturated heterocycles. The molecule has 6 heteroatoms. The van der Waals surface area contributed by atoms with Gasteiger partial charge in [0, 0.05) is 24.3 Å². The van der Waals surface area contributed by atoms with Gasteiger partial charge in [-0.2, -0.15) is 0 Å². The molecule has 5 rings (SSSR count). The van der Waals surface area contributed by atoms with E-state index >= 15 is 0 Å². The molecular formula is C24H24N6. The summed E-state index contributed by atoms with van der Waals surface area (Å²) in [5.41, 5.74) is 8.83. The number of nitrogens with zero attached hydrogens (tertiary/aromatic N) is 4. The lowest BCUT2D eigenvalue weighted by Gasteiger charge is -2.23. The molecule has 3 aromatic rings. The third-order valence-corrected chi connectivity index (χ3v) is 5.97. The normalized spacial score (nSPS) is 17.9. The minimum Gasteiger partial charge on any atom is -0.379 e. The number of aromatic nitrogens is 3. The van der Waals surface area contributed by atoms with E-state index in [4.69, 9.17) is 6.57 Å². The monoisotopic (exact) mass is 396 g/mol. The number of nitrogens with one attached hydrogen (secondary N) is 2. The van der Waals surface area contributed by atoms with E-state index in [0.717, 1.165) is 49.6 Å². The van der Waals surface area contributed by atoms with Crippen molar-refractivity contribution in [2.45, 2.75) is 32.4 Å². The molecule has 2 aliphatic rings. The highest BCUT2D eigenvalue weighted by Crippen LogP contribution is 2.39. The summed E-state index contributed by atoms with van der Waals surface area (Å²) in [6.07, 6.45) is 4.23. The Balaban J connectivity index is 1.60. The van der Waals surface area contributed by atoms with Gasteiger partial charge < -0.3 is 10.6 Å². The Kier molecular flexibility index (Phi) is 4.82. The topological polar surface area (TPSA) is 59.1 Å². The van der Waals surface area contributed by atoms with Gasteiger partial charge in [0.15, 0.2) is 5.69 Å². The quantitative estimate of drug-likeness (QED) is 0.628. The highest BCUT2D eigenvalue weighted by molar-refractivity contribution is 5.75. The number of hydrogen-bond acceptors (Lipinski definition) is 4. The van der Waals surface area contributed by atoms with Crippen molar-refractivity contribution in [1.82, 2.24) is 20.3 Å². The largest absolute Gasteiger partial charge is 0.379 e. The lowest BCUT2D eigenvalue weighted by Crippen LogP contribution is -2.20. The molecular weight excluding hydrogens is 372 g/mol. The van der Waals surface area contributed by atoms with Crippen molar-refractivity contribution < 1.29 is 0 Å². The zero-order chi connectivity index (χ0) is 20.5. The van der Waals surface area contributed by atoms with Gasteiger partial charge in [0.2, 0.25) is 0 Å². The lowest BCUT2D eigenvalue weighted by atomic mass is 9.90. The highest BCUT2D eigenvalue weighted by atomic mass is 15.4. The van der Waals surface area contributed by atoms with Gasteiger partial charge in [-0.15, -0.1) is 5.10 Å². The summed E-state index contributed by atoms with van der Waals surface area (Å²) in [5.74, 6) is 0. The first-order valence-corrected chi connectivity index (χ1v) is 10.4. The van der Waals surface area contributed by atoms with Crippen LogP contribution in [0.2, 0.25) is 0 Å². The molecule has 0 fully saturated rings. The van der Waals surface area contributed by atoms with Gasteiger partial charge in [0.25, 0.3) is 0 Å². The van der Waals surface area contributed by atoms with Crippen LogP contribution in [0.5, 0.6) is 0 Å². The van der Waals surface area contributed by atoms with Crippen molar-refractivity contribution in [1.29, 1.82) is 0 Å². The molecule has 1 unspecified atom stereocenters. The molecule has 150 valence electrons. The van der Waals surface area contributed by atoms with Gasteiger partial charge in [0.05, 0.1) is 24.0 Å². The summed E-state index contributed by atoms with van der Waals surface area (Å²) in [4.78, 5) is 3.57. The summed E-state index contributed by atoms with van der Waals surface area (Å²) < 4.78 is 2.02. The van der Waals surface area contributed by atoms with Crippen LogP contribution in [-0.4, -0.2) is 28.1 Å². The maximum absolute atomic E-state index is 7.31. The van der Waals surface area contributed by atoms with Crippen LogP contribution in [-0.2, 0) is 6.54 Å². The van der Waals surface area contributed by atoms with Gasteiger partial charge in [-0.1, -0.05) is 35.6 Å². The fourth-order valence-electron chi connectivity index (χ4n) is 4.46. The van der Waals surface area contributed by atoms with Gasteiger partial charge >= 0.3 is 0 Å². The SMILES string of the molecule is [C-]#[N+]c1cccc(NC2CCn3nnc(C)c3-c3ccc(C4=CCNCC4)cc32)c1. The Morgan fingerprint density at radius 2 is 2.17 bits per heavy atom. The standard InChI is InChI=1S/C24H24N6/c1-16-24-21-7-6-18(17-8-11-26-12-9-17)14-22(21)23(10-13-30(24)29-28-16)27-20-5-3-4-19(15-20)25-2/h3-8,14-15,23,26-27H,9-13H2,1H3. The third kappa shape index (κ3) is 3.38. The van der Waals surface area contributed by atoms with Crippen molar-refractivity contribution in [2.24, 2.45) is 0 Å². The predicted molar refractivity (Wildman–Crippen MR) is 119 cm³/mol. The van der Waals surface area contributed by atoms with Crippen molar-refractivity contribution in [3.63, 3.8) is 0 Å². The van der Waals surface area contributed by atoms with E-state index in [0.29, 0.717) is 5.69 Å². The van der Waals surface area contributed by atoms with E-state index in [1.165, 1.54) is 22.3 Å². The molecule has 2 aliphatic heterocycles. The Bertz CT molecular complexity index is 1170. The van der Waals surface area contributed by atoms with Crippen molar-refractivity contribution >= 4 is 16.9 Å². The minimum absolute atomic E-state index is 0.129. The van der Waals surface area contributed by atoms with Crippen LogP contribution in [0.4, 0.5) is 11.4 Å². The van der Waals surface area contributed by atoms with E-state index in [-0.39, 0.29) is 6.04 Å². The van der Waals surface area contributed by atoms with E-state index in [9.17, 15) is 0 Å². The summed E-state index contributed by atoms with van der Waals surface area (Å²) in [6, 6.07) is 14.6. The number of benzene rings is 2. The van der Waals surface area contributed by atoms with Gasteiger partial charge in [0.1, 0.15) is 0 Å². The number of fused-ring (bicyclic) bond motifs is 3. The van der Waals surface area contributed by atoms with Crippen LogP contribution in [0, 0.1) is 13.5 Å². The molecule has 6 nitrogen and oxygen atoms in total. The van der Waals surface area contributed by atoms with Crippen molar-refractivity contribution in [3.8, 4) is 11.3 Å². The molecule has 0 spiro atoms. The molecule has 0 aliphatic carbocycles. The van der Waals surface area contributed by atoms with Crippen LogP contribution in [0.3, 0.4) is 0 Å². The Morgan fingerprint density at radius 1 is 1.23 bits per heavy atom. The second-order valence-electron chi connectivity index (χ2n) is 7.88. The number of hydrogen-bond donors (Lipinski definition) is 2. The summed E-state index contributed by atoms with van der Waals surface area (Å²) in [7, 11) is 0. The van der Waals surface area contributed by atoms with Gasteiger partial charge in [-0.3, -0.25) is 0 Å². The molecule has 0 radical (unpaired) electrons. The summed E-state index contributed by atoms with van der Waals surface area (Å²) in [6.45, 7) is 12.1. The summed E-state index contributed by atoms with van der Waals surface area (Å²) in [5, 5.41) is 15.8. The number of anilines is 1. The molecule has 30 heavy (non-hydrogen) atoms. The average molecular weight is 396 g/mol. The first-order valence-electron chi connectivity index (χ1n) is 10.4. The molecule has 1 aromatic heterocycles. The smallest absolute Gasteiger partial charge is 0.189 e. The zero-order valence-electron chi connectivity index (χ0n) is 17.0. The predicted octanol–water partition coefficient (Wildman–Crippen LogP) is 4.74. The Morgan fingerprint density at radius 3 is 3.00 bits per heavy atom. The van der Waals surface area contributed by atoms with E-state index in [1.807, 2.05) is 35.9 Å². The van der Waals surface area contributed by atoms with E-state index in [2.05, 4.69) is 50.1 Å². The Labute approximate surface area is 176 Å². The lowest BCUT2D eigenvalue weighted by molar-refractivity contribution is 0.539. The Hall–Kier alpha value is -3.43. The number of rotatable bonds is 3. The molecule has 0 saturated carbocycles. The zero-order valence-corrected chi connectivity index (χ0v) is 17.0. The first-order chi connectivity index (χ1) is 14.7. The maximum Gasteiger partial charge on any atom is 0.189 e. The van der Waals surface area contributed by atoms with Crippen LogP contribution >= 0.6 is 0 Å². The van der Waals surface area contributed by atoms with Crippen LogP contribution in [0.15, 0.2) is 48.5 Å². The van der Waals surface area contributed by atoms with Crippen LogP contribution in [0.1, 0.15) is 35.7 Å². The fourth-order valence-corrected chi connectivity index (χ4v) is 4.46. The van der Waals surface area contributed by atoms with Crippen molar-refractivity contribution in [3.05, 3.63) is 76.8 Å². The molecule has 2 aromatic carbocycles. The maximum atomic E-state index is 7.31. The second-order valence-corrected chi connectivity index (χ2v) is 7.88. The average Bonchev–Trinajstić information content (AvgIpc) is 3.09. The highest BCUT2D eigenvalue weighted by Gasteiger charge is 2.26. The summed E-state index contributed by atoms with van der Waals surface area (Å²) >= 11 is 0. The van der Waals surface area contributed by atoms with E-state index in [1.54, 1.807) is 0 Å². The van der Waals surface area contributed by atoms with E-state index < -0.39 is 0 Å². The molecule has 2 N–H and O–H groups in total. The molecule has 1 atom stereocenters. The van der Waals surface area contributed by atoms with Crippen LogP contribution in [0.25, 0.3) is 21.7 Å². The van der Waals surface area contributed by atoms with Gasteiger partial charge in [-0.05, 0) is 61.2 Å². The molecule has 0 amide bonds.